The summed E-state index contributed by atoms with van der Waals surface area (Å²) >= 11 is 0. The molecule has 88 valence electrons. The third-order valence-electron chi connectivity index (χ3n) is 2.19. The molecule has 0 spiro atoms. The minimum atomic E-state index is -1.18. The predicted molar refractivity (Wildman–Crippen MR) is 58.4 cm³/mol. The zero-order valence-electron chi connectivity index (χ0n) is 9.27. The first-order valence-corrected chi connectivity index (χ1v) is 4.83. The zero-order chi connectivity index (χ0) is 12.3. The number of halogens is 1. The standard InChI is InChI=1S/C11H15FN2O2/c1-14(2)6-8-4-3-7(5-9(8)12)10(13)11(15)16/h3-5,10H,6,13H2,1-2H3,(H,15,16). The molecular weight excluding hydrogens is 211 g/mol. The third kappa shape index (κ3) is 3.01. The minimum absolute atomic E-state index is 0.271. The maximum Gasteiger partial charge on any atom is 0.325 e. The minimum Gasteiger partial charge on any atom is -0.480 e. The molecule has 0 amide bonds. The molecule has 0 aliphatic heterocycles. The lowest BCUT2D eigenvalue weighted by molar-refractivity contribution is -0.138. The number of carbonyl (C=O) groups is 1. The SMILES string of the molecule is CN(C)Cc1ccc(C(N)C(=O)O)cc1F. The van der Waals surface area contributed by atoms with Crippen molar-refractivity contribution in [1.82, 2.24) is 4.90 Å². The van der Waals surface area contributed by atoms with Crippen LogP contribution in [-0.4, -0.2) is 30.1 Å². The Morgan fingerprint density at radius 2 is 2.19 bits per heavy atom. The molecule has 4 nitrogen and oxygen atoms in total. The van der Waals surface area contributed by atoms with Gasteiger partial charge in [0.15, 0.2) is 0 Å². The van der Waals surface area contributed by atoms with Crippen LogP contribution in [0.1, 0.15) is 17.2 Å². The summed E-state index contributed by atoms with van der Waals surface area (Å²) in [7, 11) is 3.66. The molecule has 16 heavy (non-hydrogen) atoms. The molecule has 0 fully saturated rings. The highest BCUT2D eigenvalue weighted by molar-refractivity contribution is 5.75. The number of nitrogens with zero attached hydrogens (tertiary/aromatic N) is 1. The molecule has 0 heterocycles. The van der Waals surface area contributed by atoms with E-state index < -0.39 is 17.8 Å². The molecule has 0 saturated carbocycles. The molecule has 1 atom stereocenters. The van der Waals surface area contributed by atoms with E-state index in [0.717, 1.165) is 0 Å². The van der Waals surface area contributed by atoms with E-state index in [1.54, 1.807) is 12.1 Å². The average molecular weight is 226 g/mol. The van der Waals surface area contributed by atoms with E-state index >= 15 is 0 Å². The number of hydrogen-bond acceptors (Lipinski definition) is 3. The molecular formula is C11H15FN2O2. The normalized spacial score (nSPS) is 12.8. The van der Waals surface area contributed by atoms with Crippen LogP contribution in [-0.2, 0) is 11.3 Å². The summed E-state index contributed by atoms with van der Waals surface area (Å²) in [4.78, 5) is 12.4. The fourth-order valence-corrected chi connectivity index (χ4v) is 1.37. The highest BCUT2D eigenvalue weighted by atomic mass is 19.1. The van der Waals surface area contributed by atoms with E-state index in [0.29, 0.717) is 12.1 Å². The fraction of sp³-hybridized carbons (Fsp3) is 0.364. The van der Waals surface area contributed by atoms with Gasteiger partial charge in [0.2, 0.25) is 0 Å². The Hall–Kier alpha value is -1.46. The summed E-state index contributed by atoms with van der Waals surface area (Å²) < 4.78 is 13.6. The molecule has 5 heteroatoms. The van der Waals surface area contributed by atoms with Crippen molar-refractivity contribution < 1.29 is 14.3 Å². The van der Waals surface area contributed by atoms with Gasteiger partial charge in [-0.15, -0.1) is 0 Å². The van der Waals surface area contributed by atoms with Gasteiger partial charge in [-0.05, 0) is 25.7 Å². The van der Waals surface area contributed by atoms with Gasteiger partial charge in [0.1, 0.15) is 11.9 Å². The van der Waals surface area contributed by atoms with Crippen molar-refractivity contribution in [3.05, 3.63) is 35.1 Å². The molecule has 0 saturated heterocycles. The number of carboxylic acid groups (broad SMARTS) is 1. The topological polar surface area (TPSA) is 66.6 Å². The molecule has 0 aliphatic rings. The van der Waals surface area contributed by atoms with Crippen LogP contribution in [0.3, 0.4) is 0 Å². The quantitative estimate of drug-likeness (QED) is 0.802. The first-order chi connectivity index (χ1) is 7.41. The molecule has 1 rings (SSSR count). The monoisotopic (exact) mass is 226 g/mol. The molecule has 1 aromatic carbocycles. The maximum atomic E-state index is 13.6. The van der Waals surface area contributed by atoms with Gasteiger partial charge in [-0.3, -0.25) is 4.79 Å². The van der Waals surface area contributed by atoms with Gasteiger partial charge in [-0.2, -0.15) is 0 Å². The van der Waals surface area contributed by atoms with Crippen LogP contribution < -0.4 is 5.73 Å². The van der Waals surface area contributed by atoms with Crippen molar-refractivity contribution in [2.24, 2.45) is 5.73 Å². The van der Waals surface area contributed by atoms with Crippen LogP contribution >= 0.6 is 0 Å². The van der Waals surface area contributed by atoms with Crippen LogP contribution in [0.15, 0.2) is 18.2 Å². The lowest BCUT2D eigenvalue weighted by atomic mass is 10.0. The van der Waals surface area contributed by atoms with Crippen molar-refractivity contribution >= 4 is 5.97 Å². The van der Waals surface area contributed by atoms with Crippen molar-refractivity contribution in [1.29, 1.82) is 0 Å². The van der Waals surface area contributed by atoms with Crippen LogP contribution in [0, 0.1) is 5.82 Å². The van der Waals surface area contributed by atoms with Crippen molar-refractivity contribution in [3.8, 4) is 0 Å². The van der Waals surface area contributed by atoms with Gasteiger partial charge in [0, 0.05) is 12.1 Å². The van der Waals surface area contributed by atoms with Gasteiger partial charge in [-0.25, -0.2) is 4.39 Å². The lowest BCUT2D eigenvalue weighted by Crippen LogP contribution is -2.21. The van der Waals surface area contributed by atoms with Crippen molar-refractivity contribution in [2.75, 3.05) is 14.1 Å². The van der Waals surface area contributed by atoms with Gasteiger partial charge in [0.25, 0.3) is 0 Å². The van der Waals surface area contributed by atoms with E-state index in [4.69, 9.17) is 10.8 Å². The number of rotatable bonds is 4. The smallest absolute Gasteiger partial charge is 0.325 e. The molecule has 3 N–H and O–H groups in total. The van der Waals surface area contributed by atoms with Crippen LogP contribution in [0.5, 0.6) is 0 Å². The van der Waals surface area contributed by atoms with Gasteiger partial charge in [-0.1, -0.05) is 12.1 Å². The summed E-state index contributed by atoms with van der Waals surface area (Å²) in [5.74, 6) is -1.59. The van der Waals surface area contributed by atoms with E-state index in [2.05, 4.69) is 0 Å². The Morgan fingerprint density at radius 3 is 2.62 bits per heavy atom. The summed E-state index contributed by atoms with van der Waals surface area (Å²) in [6, 6.07) is 3.11. The summed E-state index contributed by atoms with van der Waals surface area (Å²) in [5, 5.41) is 8.69. The summed E-state index contributed by atoms with van der Waals surface area (Å²) in [6.45, 7) is 0.467. The second-order valence-corrected chi connectivity index (χ2v) is 3.90. The number of nitrogens with two attached hydrogens (primary N) is 1. The van der Waals surface area contributed by atoms with E-state index in [9.17, 15) is 9.18 Å². The summed E-state index contributed by atoms with van der Waals surface area (Å²) in [6.07, 6.45) is 0. The number of hydrogen-bond donors (Lipinski definition) is 2. The second kappa shape index (κ2) is 5.05. The molecule has 1 aromatic rings. The van der Waals surface area contributed by atoms with Crippen LogP contribution in [0.25, 0.3) is 0 Å². The Kier molecular flexibility index (Phi) is 3.98. The van der Waals surface area contributed by atoms with Gasteiger partial charge < -0.3 is 15.7 Å². The van der Waals surface area contributed by atoms with Crippen molar-refractivity contribution in [2.45, 2.75) is 12.6 Å². The molecule has 0 bridgehead atoms. The van der Waals surface area contributed by atoms with E-state index in [1.165, 1.54) is 6.07 Å². The predicted octanol–water partition coefficient (Wildman–Crippen LogP) is 0.972. The third-order valence-corrected chi connectivity index (χ3v) is 2.19. The highest BCUT2D eigenvalue weighted by Crippen LogP contribution is 2.16. The Balaban J connectivity index is 2.95. The van der Waals surface area contributed by atoms with Gasteiger partial charge >= 0.3 is 5.97 Å². The van der Waals surface area contributed by atoms with Crippen molar-refractivity contribution in [3.63, 3.8) is 0 Å². The Labute approximate surface area is 93.5 Å². The fourth-order valence-electron chi connectivity index (χ4n) is 1.37. The molecule has 0 aliphatic carbocycles. The number of aliphatic carboxylic acids is 1. The second-order valence-electron chi connectivity index (χ2n) is 3.90. The number of carboxylic acids is 1. The lowest BCUT2D eigenvalue weighted by Gasteiger charge is -2.12. The first-order valence-electron chi connectivity index (χ1n) is 4.83. The van der Waals surface area contributed by atoms with Gasteiger partial charge in [0.05, 0.1) is 0 Å². The van der Waals surface area contributed by atoms with E-state index in [1.807, 2.05) is 19.0 Å². The first kappa shape index (κ1) is 12.6. The maximum absolute atomic E-state index is 13.6. The Morgan fingerprint density at radius 1 is 1.56 bits per heavy atom. The largest absolute Gasteiger partial charge is 0.480 e. The highest BCUT2D eigenvalue weighted by Gasteiger charge is 2.15. The average Bonchev–Trinajstić information content (AvgIpc) is 2.19. The van der Waals surface area contributed by atoms with Crippen LogP contribution in [0.2, 0.25) is 0 Å². The van der Waals surface area contributed by atoms with Crippen LogP contribution in [0.4, 0.5) is 4.39 Å². The van der Waals surface area contributed by atoms with E-state index in [-0.39, 0.29) is 5.56 Å². The number of benzene rings is 1. The zero-order valence-corrected chi connectivity index (χ0v) is 9.27. The molecule has 1 unspecified atom stereocenters. The summed E-state index contributed by atoms with van der Waals surface area (Å²) in [5.41, 5.74) is 6.17. The Bertz CT molecular complexity index is 394. The molecule has 0 radical (unpaired) electrons. The molecule has 0 aromatic heterocycles.